The largest absolute Gasteiger partial charge is 0.416 e. The molecular weight excluding hydrogens is 481 g/mol. The van der Waals surface area contributed by atoms with E-state index in [1.165, 1.54) is 29.5 Å². The van der Waals surface area contributed by atoms with Crippen molar-refractivity contribution in [2.45, 2.75) is 44.8 Å². The highest BCUT2D eigenvalue weighted by Gasteiger charge is 2.40. The fourth-order valence-corrected chi connectivity index (χ4v) is 5.51. The van der Waals surface area contributed by atoms with E-state index < -0.39 is 23.1 Å². The Balaban J connectivity index is 1.51. The lowest BCUT2D eigenvalue weighted by Crippen LogP contribution is -2.43. The Morgan fingerprint density at radius 3 is 2.14 bits per heavy atom. The molecule has 188 valence electrons. The lowest BCUT2D eigenvalue weighted by Gasteiger charge is -2.34. The van der Waals surface area contributed by atoms with Crippen LogP contribution in [0.15, 0.2) is 89.9 Å². The molecule has 0 saturated carbocycles. The number of carbonyl (C=O) groups excluding carboxylic acids is 1. The molecule has 3 aromatic rings. The summed E-state index contributed by atoms with van der Waals surface area (Å²) >= 11 is 1.53. The number of aliphatic imine (C=N–C) groups is 1. The summed E-state index contributed by atoms with van der Waals surface area (Å²) in [6.07, 6.45) is -2.59. The summed E-state index contributed by atoms with van der Waals surface area (Å²) in [4.78, 5) is 18.3. The van der Waals surface area contributed by atoms with Crippen LogP contribution in [0, 0.1) is 5.41 Å². The molecule has 4 rings (SSSR count). The van der Waals surface area contributed by atoms with Gasteiger partial charge < -0.3 is 5.32 Å². The molecule has 1 aliphatic heterocycles. The van der Waals surface area contributed by atoms with E-state index in [-0.39, 0.29) is 11.9 Å². The summed E-state index contributed by atoms with van der Waals surface area (Å²) in [5.74, 6) is 0.150. The van der Waals surface area contributed by atoms with Gasteiger partial charge >= 0.3 is 6.18 Å². The third kappa shape index (κ3) is 6.19. The van der Waals surface area contributed by atoms with Gasteiger partial charge in [-0.05, 0) is 41.7 Å². The fraction of sp³-hybridized carbons (Fsp3) is 0.310. The average Bonchev–Trinajstić information content (AvgIpc) is 3.31. The van der Waals surface area contributed by atoms with Gasteiger partial charge in [0, 0.05) is 11.7 Å². The number of nitrogens with zero attached hydrogens (tertiary/aromatic N) is 1. The van der Waals surface area contributed by atoms with Crippen molar-refractivity contribution in [1.82, 2.24) is 5.32 Å². The number of hydrogen-bond donors (Lipinski definition) is 1. The number of benzene rings is 3. The van der Waals surface area contributed by atoms with Crippen molar-refractivity contribution in [2.75, 3.05) is 5.75 Å². The molecule has 0 bridgehead atoms. The van der Waals surface area contributed by atoms with Gasteiger partial charge in [0.05, 0.1) is 17.0 Å². The van der Waals surface area contributed by atoms with Crippen molar-refractivity contribution in [3.05, 3.63) is 107 Å². The van der Waals surface area contributed by atoms with Crippen molar-refractivity contribution in [3.8, 4) is 0 Å². The average molecular weight is 511 g/mol. The summed E-state index contributed by atoms with van der Waals surface area (Å²) in [7, 11) is 0. The number of aryl methyl sites for hydroxylation is 1. The van der Waals surface area contributed by atoms with Gasteiger partial charge in [0.25, 0.3) is 0 Å². The van der Waals surface area contributed by atoms with Crippen LogP contribution in [0.4, 0.5) is 13.2 Å². The molecule has 36 heavy (non-hydrogen) atoms. The third-order valence-corrected chi connectivity index (χ3v) is 7.59. The number of halogens is 3. The summed E-state index contributed by atoms with van der Waals surface area (Å²) in [5, 5.41) is 3.60. The topological polar surface area (TPSA) is 41.5 Å². The van der Waals surface area contributed by atoms with E-state index in [0.717, 1.165) is 36.3 Å². The molecule has 0 fully saturated rings. The SMILES string of the molecule is CC(C)(C(=O)NC1=NC(CCc2ccccc2)CS1)C(c1ccccc1)c1ccc(C(F)(F)F)cc1. The van der Waals surface area contributed by atoms with Gasteiger partial charge in [-0.2, -0.15) is 13.2 Å². The number of rotatable bonds is 7. The molecule has 3 nitrogen and oxygen atoms in total. The van der Waals surface area contributed by atoms with E-state index in [2.05, 4.69) is 17.4 Å². The van der Waals surface area contributed by atoms with E-state index in [4.69, 9.17) is 4.99 Å². The van der Waals surface area contributed by atoms with Crippen molar-refractivity contribution >= 4 is 22.8 Å². The molecule has 0 aliphatic carbocycles. The van der Waals surface area contributed by atoms with E-state index in [1.807, 2.05) is 62.4 Å². The lowest BCUT2D eigenvalue weighted by atomic mass is 9.70. The molecule has 2 unspecified atom stereocenters. The lowest BCUT2D eigenvalue weighted by molar-refractivity contribution is -0.137. The minimum Gasteiger partial charge on any atom is -0.305 e. The first kappa shape index (κ1) is 26.0. The highest BCUT2D eigenvalue weighted by molar-refractivity contribution is 8.14. The number of carbonyl (C=O) groups is 1. The van der Waals surface area contributed by atoms with Crippen LogP contribution >= 0.6 is 11.8 Å². The van der Waals surface area contributed by atoms with Crippen LogP contribution in [0.25, 0.3) is 0 Å². The van der Waals surface area contributed by atoms with Gasteiger partial charge in [0.15, 0.2) is 5.17 Å². The predicted molar refractivity (Wildman–Crippen MR) is 140 cm³/mol. The quantitative estimate of drug-likeness (QED) is 0.369. The Labute approximate surface area is 214 Å². The van der Waals surface area contributed by atoms with E-state index >= 15 is 0 Å². The minimum absolute atomic E-state index is 0.133. The molecule has 3 aromatic carbocycles. The van der Waals surface area contributed by atoms with Crippen molar-refractivity contribution in [2.24, 2.45) is 10.4 Å². The number of thioether (sulfide) groups is 1. The zero-order valence-electron chi connectivity index (χ0n) is 20.3. The smallest absolute Gasteiger partial charge is 0.305 e. The molecule has 2 atom stereocenters. The van der Waals surface area contributed by atoms with Crippen molar-refractivity contribution in [3.63, 3.8) is 0 Å². The minimum atomic E-state index is -4.41. The maximum atomic E-state index is 13.5. The van der Waals surface area contributed by atoms with Gasteiger partial charge in [0.2, 0.25) is 5.91 Å². The Hall–Kier alpha value is -3.06. The molecule has 0 aromatic heterocycles. The monoisotopic (exact) mass is 510 g/mol. The summed E-state index contributed by atoms with van der Waals surface area (Å²) in [6, 6.07) is 24.9. The Kier molecular flexibility index (Phi) is 7.88. The van der Waals surface area contributed by atoms with Crippen molar-refractivity contribution < 1.29 is 18.0 Å². The molecule has 0 radical (unpaired) electrons. The summed E-state index contributed by atoms with van der Waals surface area (Å²) in [6.45, 7) is 3.65. The van der Waals surface area contributed by atoms with E-state index in [9.17, 15) is 18.0 Å². The van der Waals surface area contributed by atoms with Crippen molar-refractivity contribution in [1.29, 1.82) is 0 Å². The van der Waals surface area contributed by atoms with Gasteiger partial charge in [-0.15, -0.1) is 0 Å². The molecule has 1 heterocycles. The van der Waals surface area contributed by atoms with Crippen LogP contribution in [0.1, 0.15) is 48.4 Å². The second kappa shape index (κ2) is 10.9. The fourth-order valence-electron chi connectivity index (χ4n) is 4.53. The number of amides is 1. The Bertz CT molecular complexity index is 1190. The Morgan fingerprint density at radius 2 is 1.53 bits per heavy atom. The number of hydrogen-bond acceptors (Lipinski definition) is 3. The molecule has 7 heteroatoms. The molecule has 1 N–H and O–H groups in total. The van der Waals surface area contributed by atoms with Crippen LogP contribution in [-0.4, -0.2) is 22.9 Å². The van der Waals surface area contributed by atoms with Gasteiger partial charge in [-0.1, -0.05) is 98.4 Å². The van der Waals surface area contributed by atoms with Gasteiger partial charge in [0.1, 0.15) is 0 Å². The summed E-state index contributed by atoms with van der Waals surface area (Å²) in [5.41, 5.74) is 1.11. The first-order valence-electron chi connectivity index (χ1n) is 11.9. The van der Waals surface area contributed by atoms with Crippen LogP contribution in [0.3, 0.4) is 0 Å². The zero-order chi connectivity index (χ0) is 25.8. The number of alkyl halides is 3. The predicted octanol–water partition coefficient (Wildman–Crippen LogP) is 7.08. The van der Waals surface area contributed by atoms with Gasteiger partial charge in [-0.25, -0.2) is 0 Å². The molecular formula is C29H29F3N2OS. The third-order valence-electron chi connectivity index (χ3n) is 6.55. The number of amidine groups is 1. The van der Waals surface area contributed by atoms with E-state index in [0.29, 0.717) is 10.7 Å². The molecule has 0 saturated heterocycles. The molecule has 1 aliphatic rings. The Morgan fingerprint density at radius 1 is 0.944 bits per heavy atom. The standard InChI is InChI=1S/C29H29F3N2OS/c1-28(2,26(35)34-27-33-24(19-36-27)18-13-20-9-5-3-6-10-20)25(21-11-7-4-8-12-21)22-14-16-23(17-15-22)29(30,31)32/h3-12,14-17,24-25H,13,18-19H2,1-2H3,(H,33,34,35). The van der Waals surface area contributed by atoms with Gasteiger partial charge in [-0.3, -0.25) is 9.79 Å². The normalized spacial score (nSPS) is 16.9. The van der Waals surface area contributed by atoms with Crippen LogP contribution in [0.5, 0.6) is 0 Å². The van der Waals surface area contributed by atoms with Crippen LogP contribution < -0.4 is 5.32 Å². The first-order chi connectivity index (χ1) is 17.1. The highest BCUT2D eigenvalue weighted by Crippen LogP contribution is 2.42. The molecule has 0 spiro atoms. The summed E-state index contributed by atoms with van der Waals surface area (Å²) < 4.78 is 39.4. The number of nitrogens with one attached hydrogen (secondary N) is 1. The van der Waals surface area contributed by atoms with E-state index in [1.54, 1.807) is 0 Å². The first-order valence-corrected chi connectivity index (χ1v) is 12.9. The maximum absolute atomic E-state index is 13.5. The second-order valence-corrected chi connectivity index (χ2v) is 10.6. The molecule has 1 amide bonds. The van der Waals surface area contributed by atoms with Crippen LogP contribution in [0.2, 0.25) is 0 Å². The second-order valence-electron chi connectivity index (χ2n) is 9.56. The zero-order valence-corrected chi connectivity index (χ0v) is 21.1. The highest BCUT2D eigenvalue weighted by atomic mass is 32.2. The maximum Gasteiger partial charge on any atom is 0.416 e. The van der Waals surface area contributed by atoms with Crippen LogP contribution in [-0.2, 0) is 17.4 Å².